The number of phenols is 2. The molecule has 0 heterocycles. The van der Waals surface area contributed by atoms with Gasteiger partial charge in [-0.25, -0.2) is 9.79 Å². The molecule has 0 aliphatic heterocycles. The van der Waals surface area contributed by atoms with E-state index in [1.165, 1.54) is 6.92 Å². The van der Waals surface area contributed by atoms with E-state index in [-0.39, 0.29) is 24.1 Å². The number of aliphatic carboxylic acids is 2. The standard InChI is InChI=1S/C30H47N9O11/c1-13-18(40)9-14(10-19(13)41)22(38-29(33)34)26(47)36-16(11-20(32)42)25(46)39-23(30(2,3)4)27(48)35-15(7-5-6-8-31)24(45)37-17(28(49)50)12-21(43)44/h9-10,15-17,22-23,40-41H,5-8,11-12,31H2,1-4H3,(H2,32,42)(H,35,48)(H,36,47)(H,37,45)(H,39,46)(H,43,44)(H,49,50)(H4,33,34,38)/t15-,16-,17-,22-,23+/m0/s1. The summed E-state index contributed by atoms with van der Waals surface area (Å²) in [5.41, 5.74) is 20.8. The highest BCUT2D eigenvalue weighted by molar-refractivity contribution is 5.98. The van der Waals surface area contributed by atoms with Gasteiger partial charge in [-0.05, 0) is 55.8 Å². The van der Waals surface area contributed by atoms with Crippen molar-refractivity contribution in [3.8, 4) is 11.5 Å². The molecule has 20 nitrogen and oxygen atoms in total. The number of amides is 5. The van der Waals surface area contributed by atoms with Crippen LogP contribution in [0.4, 0.5) is 0 Å². The molecule has 1 aromatic carbocycles. The molecule has 0 aromatic heterocycles. The fourth-order valence-corrected chi connectivity index (χ4v) is 4.54. The first-order valence-corrected chi connectivity index (χ1v) is 15.3. The summed E-state index contributed by atoms with van der Waals surface area (Å²) in [7, 11) is 0. The molecular weight excluding hydrogens is 662 g/mol. The highest BCUT2D eigenvalue weighted by Crippen LogP contribution is 2.32. The SMILES string of the molecule is Cc1c(O)cc([C@H](N=C(N)N)C(=O)N[C@@H](CC(N)=O)C(=O)N[C@H](C(=O)N[C@@H](CCCCN)C(=O)N[C@@H](CC(=O)O)C(=O)O)C(C)(C)C)cc1O. The van der Waals surface area contributed by atoms with Crippen molar-refractivity contribution in [3.05, 3.63) is 23.3 Å². The van der Waals surface area contributed by atoms with Crippen molar-refractivity contribution in [2.45, 2.75) is 90.0 Å². The molecule has 20 heteroatoms. The normalized spacial score (nSPS) is 14.1. The van der Waals surface area contributed by atoms with Gasteiger partial charge in [-0.1, -0.05) is 20.8 Å². The molecule has 0 spiro atoms. The molecule has 0 bridgehead atoms. The second-order valence-corrected chi connectivity index (χ2v) is 12.5. The van der Waals surface area contributed by atoms with Gasteiger partial charge in [-0.2, -0.15) is 0 Å². The first-order valence-electron chi connectivity index (χ1n) is 15.3. The molecule has 0 radical (unpaired) electrons. The first-order chi connectivity index (χ1) is 23.1. The Morgan fingerprint density at radius 3 is 1.74 bits per heavy atom. The quantitative estimate of drug-likeness (QED) is 0.0394. The summed E-state index contributed by atoms with van der Waals surface area (Å²) in [4.78, 5) is 92.1. The van der Waals surface area contributed by atoms with Gasteiger partial charge in [0.2, 0.25) is 29.5 Å². The molecule has 0 aliphatic rings. The number of carboxylic acid groups (broad SMARTS) is 2. The minimum Gasteiger partial charge on any atom is -0.508 e. The van der Waals surface area contributed by atoms with Crippen molar-refractivity contribution in [3.63, 3.8) is 0 Å². The Kier molecular flexibility index (Phi) is 15.9. The largest absolute Gasteiger partial charge is 0.508 e. The molecule has 0 unspecified atom stereocenters. The number of benzene rings is 1. The average molecular weight is 710 g/mol. The number of phenolic OH excluding ortho intramolecular Hbond substituents is 2. The number of hydrogen-bond acceptors (Lipinski definition) is 11. The lowest BCUT2D eigenvalue weighted by Gasteiger charge is -2.33. The number of unbranched alkanes of at least 4 members (excludes halogenated alkanes) is 1. The van der Waals surface area contributed by atoms with Crippen LogP contribution in [0.5, 0.6) is 11.5 Å². The van der Waals surface area contributed by atoms with Crippen LogP contribution in [-0.4, -0.2) is 98.6 Å². The summed E-state index contributed by atoms with van der Waals surface area (Å²) >= 11 is 0. The van der Waals surface area contributed by atoms with Crippen molar-refractivity contribution >= 4 is 47.4 Å². The summed E-state index contributed by atoms with van der Waals surface area (Å²) in [5, 5.41) is 48.0. The number of nitrogens with two attached hydrogens (primary N) is 4. The van der Waals surface area contributed by atoms with Gasteiger partial charge in [-0.15, -0.1) is 0 Å². The summed E-state index contributed by atoms with van der Waals surface area (Å²) in [5.74, 6) is -9.56. The number of carbonyl (C=O) groups excluding carboxylic acids is 5. The smallest absolute Gasteiger partial charge is 0.326 e. The number of nitrogens with one attached hydrogen (secondary N) is 4. The number of carbonyl (C=O) groups is 7. The third kappa shape index (κ3) is 13.5. The molecule has 1 aromatic rings. The summed E-state index contributed by atoms with van der Waals surface area (Å²) in [6.07, 6.45) is -1.00. The predicted molar refractivity (Wildman–Crippen MR) is 177 cm³/mol. The van der Waals surface area contributed by atoms with E-state index in [9.17, 15) is 48.9 Å². The van der Waals surface area contributed by atoms with E-state index in [0.29, 0.717) is 12.8 Å². The molecular formula is C30H47N9O11. The number of primary amides is 1. The lowest BCUT2D eigenvalue weighted by atomic mass is 9.85. The highest BCUT2D eigenvalue weighted by Gasteiger charge is 2.38. The molecule has 0 aliphatic carbocycles. The van der Waals surface area contributed by atoms with Gasteiger partial charge >= 0.3 is 11.9 Å². The van der Waals surface area contributed by atoms with Crippen LogP contribution >= 0.6 is 0 Å². The maximum atomic E-state index is 13.6. The number of hydrogen-bond donors (Lipinski definition) is 12. The Balaban J connectivity index is 3.40. The van der Waals surface area contributed by atoms with E-state index >= 15 is 0 Å². The third-order valence-corrected chi connectivity index (χ3v) is 7.24. The van der Waals surface area contributed by atoms with Crippen molar-refractivity contribution in [1.82, 2.24) is 21.3 Å². The zero-order chi connectivity index (χ0) is 38.5. The zero-order valence-electron chi connectivity index (χ0n) is 28.2. The van der Waals surface area contributed by atoms with Crippen molar-refractivity contribution < 1.29 is 54.0 Å². The molecule has 5 amide bonds. The zero-order valence-corrected chi connectivity index (χ0v) is 28.2. The number of aromatic hydroxyl groups is 2. The molecule has 16 N–H and O–H groups in total. The number of aliphatic imine (C=N–C) groups is 1. The van der Waals surface area contributed by atoms with Crippen molar-refractivity contribution in [2.75, 3.05) is 6.54 Å². The Morgan fingerprint density at radius 1 is 0.760 bits per heavy atom. The van der Waals surface area contributed by atoms with Crippen LogP contribution in [0.3, 0.4) is 0 Å². The van der Waals surface area contributed by atoms with E-state index in [1.807, 2.05) is 0 Å². The summed E-state index contributed by atoms with van der Waals surface area (Å²) in [6.45, 7) is 6.31. The lowest BCUT2D eigenvalue weighted by Crippen LogP contribution is -2.61. The molecule has 0 fully saturated rings. The topological polar surface area (TPSA) is 365 Å². The summed E-state index contributed by atoms with van der Waals surface area (Å²) in [6, 6.07) is -5.76. The molecule has 278 valence electrons. The number of carboxylic acids is 2. The van der Waals surface area contributed by atoms with Crippen molar-refractivity contribution in [2.24, 2.45) is 33.3 Å². The van der Waals surface area contributed by atoms with Gasteiger partial charge < -0.3 is 64.6 Å². The third-order valence-electron chi connectivity index (χ3n) is 7.24. The van der Waals surface area contributed by atoms with Crippen LogP contribution < -0.4 is 44.2 Å². The van der Waals surface area contributed by atoms with Crippen LogP contribution in [0.15, 0.2) is 17.1 Å². The van der Waals surface area contributed by atoms with Gasteiger partial charge in [0.05, 0.1) is 12.8 Å². The predicted octanol–water partition coefficient (Wildman–Crippen LogP) is -2.73. The average Bonchev–Trinajstić information content (AvgIpc) is 2.98. The monoisotopic (exact) mass is 709 g/mol. The number of guanidine groups is 1. The van der Waals surface area contributed by atoms with Gasteiger partial charge in [0.15, 0.2) is 12.0 Å². The van der Waals surface area contributed by atoms with Crippen LogP contribution in [0.1, 0.15) is 70.0 Å². The van der Waals surface area contributed by atoms with E-state index in [2.05, 4.69) is 26.3 Å². The Morgan fingerprint density at radius 2 is 1.28 bits per heavy atom. The van der Waals surface area contributed by atoms with E-state index in [1.54, 1.807) is 20.8 Å². The second-order valence-electron chi connectivity index (χ2n) is 12.5. The summed E-state index contributed by atoms with van der Waals surface area (Å²) < 4.78 is 0. The van der Waals surface area contributed by atoms with Gasteiger partial charge in [0, 0.05) is 5.56 Å². The molecule has 5 atom stereocenters. The van der Waals surface area contributed by atoms with Gasteiger partial charge in [0.25, 0.3) is 0 Å². The number of rotatable bonds is 19. The maximum absolute atomic E-state index is 13.6. The van der Waals surface area contributed by atoms with Crippen LogP contribution in [0, 0.1) is 12.3 Å². The number of nitrogens with zero attached hydrogens (tertiary/aromatic N) is 1. The highest BCUT2D eigenvalue weighted by atomic mass is 16.4. The van der Waals surface area contributed by atoms with Crippen LogP contribution in [0.2, 0.25) is 0 Å². The lowest BCUT2D eigenvalue weighted by molar-refractivity contribution is -0.147. The van der Waals surface area contributed by atoms with Crippen molar-refractivity contribution in [1.29, 1.82) is 0 Å². The van der Waals surface area contributed by atoms with Crippen LogP contribution in [0.25, 0.3) is 0 Å². The fraction of sp³-hybridized carbons (Fsp3) is 0.533. The molecule has 0 saturated heterocycles. The molecule has 1 rings (SSSR count). The molecule has 0 saturated carbocycles. The Hall–Kier alpha value is -5.66. The van der Waals surface area contributed by atoms with E-state index < -0.39 is 107 Å². The van der Waals surface area contributed by atoms with Crippen LogP contribution in [-0.2, 0) is 33.6 Å². The van der Waals surface area contributed by atoms with Gasteiger partial charge in [0.1, 0.15) is 35.7 Å². The molecule has 50 heavy (non-hydrogen) atoms. The Labute approximate surface area is 287 Å². The first kappa shape index (κ1) is 42.4. The Bertz CT molecular complexity index is 1450. The van der Waals surface area contributed by atoms with Gasteiger partial charge in [-0.3, -0.25) is 28.8 Å². The minimum atomic E-state index is -1.80. The second kappa shape index (κ2) is 18.8. The maximum Gasteiger partial charge on any atom is 0.326 e. The fourth-order valence-electron chi connectivity index (χ4n) is 4.54. The van der Waals surface area contributed by atoms with E-state index in [0.717, 1.165) is 12.1 Å². The minimum absolute atomic E-state index is 0.0321. The van der Waals surface area contributed by atoms with E-state index in [4.69, 9.17) is 28.0 Å².